The van der Waals surface area contributed by atoms with Gasteiger partial charge in [0.15, 0.2) is 5.16 Å². The molecule has 1 aliphatic heterocycles. The SMILES string of the molecule is CC(Sc1nc2ccccc2n1C(F)F)C(=O)N1CCCCCC1. The lowest BCUT2D eigenvalue weighted by Crippen LogP contribution is -2.37. The van der Waals surface area contributed by atoms with Crippen LogP contribution in [0.2, 0.25) is 0 Å². The number of hydrogen-bond donors (Lipinski definition) is 0. The molecular formula is C17H21F2N3OS. The molecule has 0 aliphatic carbocycles. The van der Waals surface area contributed by atoms with Gasteiger partial charge in [0, 0.05) is 13.1 Å². The molecule has 0 bridgehead atoms. The van der Waals surface area contributed by atoms with Crippen LogP contribution in [0.4, 0.5) is 8.78 Å². The van der Waals surface area contributed by atoms with Gasteiger partial charge in [-0.1, -0.05) is 36.7 Å². The molecule has 0 N–H and O–H groups in total. The molecule has 7 heteroatoms. The fourth-order valence-electron chi connectivity index (χ4n) is 3.05. The van der Waals surface area contributed by atoms with E-state index < -0.39 is 11.8 Å². The molecule has 3 rings (SSSR count). The van der Waals surface area contributed by atoms with E-state index in [1.165, 1.54) is 0 Å². The van der Waals surface area contributed by atoms with Crippen molar-refractivity contribution in [1.29, 1.82) is 0 Å². The van der Waals surface area contributed by atoms with E-state index in [2.05, 4.69) is 4.98 Å². The third kappa shape index (κ3) is 3.55. The van der Waals surface area contributed by atoms with Gasteiger partial charge >= 0.3 is 6.55 Å². The van der Waals surface area contributed by atoms with Crippen LogP contribution in [0.1, 0.15) is 39.2 Å². The van der Waals surface area contributed by atoms with Crippen LogP contribution in [0.3, 0.4) is 0 Å². The first-order valence-electron chi connectivity index (χ1n) is 8.28. The number of nitrogens with zero attached hydrogens (tertiary/aromatic N) is 3. The van der Waals surface area contributed by atoms with Crippen LogP contribution in [0, 0.1) is 0 Å². The zero-order chi connectivity index (χ0) is 17.1. The average molecular weight is 353 g/mol. The number of carbonyl (C=O) groups is 1. The number of halogens is 2. The van der Waals surface area contributed by atoms with Crippen molar-refractivity contribution in [3.05, 3.63) is 24.3 Å². The Bertz CT molecular complexity index is 711. The van der Waals surface area contributed by atoms with E-state index in [0.29, 0.717) is 11.0 Å². The maximum absolute atomic E-state index is 13.5. The average Bonchev–Trinajstić information content (AvgIpc) is 2.73. The van der Waals surface area contributed by atoms with E-state index in [1.807, 2.05) is 4.90 Å². The van der Waals surface area contributed by atoms with Crippen LogP contribution in [-0.2, 0) is 4.79 Å². The molecular weight excluding hydrogens is 332 g/mol. The first-order chi connectivity index (χ1) is 11.6. The highest BCUT2D eigenvalue weighted by Gasteiger charge is 2.26. The molecule has 2 heterocycles. The van der Waals surface area contributed by atoms with Crippen molar-refractivity contribution in [2.75, 3.05) is 13.1 Å². The number of likely N-dealkylation sites (tertiary alicyclic amines) is 1. The number of hydrogen-bond acceptors (Lipinski definition) is 3. The lowest BCUT2D eigenvalue weighted by Gasteiger charge is -2.23. The summed E-state index contributed by atoms with van der Waals surface area (Å²) < 4.78 is 27.8. The van der Waals surface area contributed by atoms with Crippen molar-refractivity contribution in [2.24, 2.45) is 0 Å². The predicted molar refractivity (Wildman–Crippen MR) is 91.4 cm³/mol. The van der Waals surface area contributed by atoms with Crippen LogP contribution >= 0.6 is 11.8 Å². The number of thioether (sulfide) groups is 1. The second-order valence-electron chi connectivity index (χ2n) is 6.03. The monoisotopic (exact) mass is 353 g/mol. The summed E-state index contributed by atoms with van der Waals surface area (Å²) in [6, 6.07) is 6.81. The van der Waals surface area contributed by atoms with Gasteiger partial charge in [-0.25, -0.2) is 4.98 Å². The summed E-state index contributed by atoms with van der Waals surface area (Å²) in [7, 11) is 0. The Labute approximate surface area is 144 Å². The molecule has 1 aliphatic rings. The van der Waals surface area contributed by atoms with Crippen molar-refractivity contribution in [2.45, 2.75) is 49.6 Å². The van der Waals surface area contributed by atoms with E-state index in [9.17, 15) is 13.6 Å². The number of carbonyl (C=O) groups excluding carboxylic acids is 1. The number of fused-ring (bicyclic) bond motifs is 1. The quantitative estimate of drug-likeness (QED) is 0.769. The largest absolute Gasteiger partial charge is 0.342 e. The highest BCUT2D eigenvalue weighted by molar-refractivity contribution is 8.00. The van der Waals surface area contributed by atoms with Crippen LogP contribution in [0.15, 0.2) is 29.4 Å². The van der Waals surface area contributed by atoms with Crippen molar-refractivity contribution in [1.82, 2.24) is 14.5 Å². The number of para-hydroxylation sites is 2. The number of aromatic nitrogens is 2. The van der Waals surface area contributed by atoms with Gasteiger partial charge in [0.1, 0.15) is 0 Å². The third-order valence-corrected chi connectivity index (χ3v) is 5.36. The molecule has 0 radical (unpaired) electrons. The van der Waals surface area contributed by atoms with Crippen LogP contribution in [0.25, 0.3) is 11.0 Å². The zero-order valence-electron chi connectivity index (χ0n) is 13.6. The Morgan fingerprint density at radius 1 is 1.17 bits per heavy atom. The van der Waals surface area contributed by atoms with Crippen molar-refractivity contribution in [3.63, 3.8) is 0 Å². The third-order valence-electron chi connectivity index (χ3n) is 4.31. The number of imidazole rings is 1. The summed E-state index contributed by atoms with van der Waals surface area (Å²) in [5.74, 6) is 0.00905. The van der Waals surface area contributed by atoms with Crippen LogP contribution in [-0.4, -0.2) is 38.7 Å². The maximum atomic E-state index is 13.5. The zero-order valence-corrected chi connectivity index (χ0v) is 14.4. The second-order valence-corrected chi connectivity index (χ2v) is 7.34. The highest BCUT2D eigenvalue weighted by atomic mass is 32.2. The molecule has 2 aromatic rings. The maximum Gasteiger partial charge on any atom is 0.321 e. The molecule has 0 spiro atoms. The fourth-order valence-corrected chi connectivity index (χ4v) is 4.06. The van der Waals surface area contributed by atoms with E-state index in [0.717, 1.165) is 55.1 Å². The smallest absolute Gasteiger partial charge is 0.321 e. The second kappa shape index (κ2) is 7.51. The molecule has 1 aromatic carbocycles. The van der Waals surface area contributed by atoms with Crippen LogP contribution in [0.5, 0.6) is 0 Å². The lowest BCUT2D eigenvalue weighted by atomic mass is 10.2. The Kier molecular flexibility index (Phi) is 5.38. The van der Waals surface area contributed by atoms with Crippen molar-refractivity contribution in [3.8, 4) is 0 Å². The highest BCUT2D eigenvalue weighted by Crippen LogP contribution is 2.32. The van der Waals surface area contributed by atoms with Gasteiger partial charge in [0.25, 0.3) is 0 Å². The summed E-state index contributed by atoms with van der Waals surface area (Å²) in [6.07, 6.45) is 4.32. The minimum absolute atomic E-state index is 0.00905. The standard InChI is InChI=1S/C17H21F2N3OS/c1-12(15(23)21-10-6-2-3-7-11-21)24-17-20-13-8-4-5-9-14(13)22(17)16(18)19/h4-5,8-9,12,16H,2-3,6-7,10-11H2,1H3. The van der Waals surface area contributed by atoms with Crippen molar-refractivity contribution >= 4 is 28.7 Å². The van der Waals surface area contributed by atoms with Gasteiger partial charge in [-0.2, -0.15) is 8.78 Å². The molecule has 1 saturated heterocycles. The van der Waals surface area contributed by atoms with Gasteiger partial charge in [0.05, 0.1) is 16.3 Å². The van der Waals surface area contributed by atoms with Gasteiger partial charge in [-0.05, 0) is 31.9 Å². The topological polar surface area (TPSA) is 38.1 Å². The predicted octanol–water partition coefficient (Wildman–Crippen LogP) is 4.31. The van der Waals surface area contributed by atoms with E-state index >= 15 is 0 Å². The Morgan fingerprint density at radius 2 is 1.83 bits per heavy atom. The number of benzene rings is 1. The molecule has 24 heavy (non-hydrogen) atoms. The van der Waals surface area contributed by atoms with Gasteiger partial charge < -0.3 is 4.90 Å². The molecule has 4 nitrogen and oxygen atoms in total. The molecule has 130 valence electrons. The Morgan fingerprint density at radius 3 is 2.50 bits per heavy atom. The number of alkyl halides is 2. The first-order valence-corrected chi connectivity index (χ1v) is 9.16. The molecule has 1 fully saturated rings. The summed E-state index contributed by atoms with van der Waals surface area (Å²) >= 11 is 1.11. The lowest BCUT2D eigenvalue weighted by molar-refractivity contribution is -0.130. The number of rotatable bonds is 4. The minimum atomic E-state index is -2.68. The Hall–Kier alpha value is -1.63. The molecule has 1 amide bonds. The molecule has 1 aromatic heterocycles. The van der Waals surface area contributed by atoms with Crippen molar-refractivity contribution < 1.29 is 13.6 Å². The first kappa shape index (κ1) is 17.2. The summed E-state index contributed by atoms with van der Waals surface area (Å²) in [5, 5.41) is -0.237. The number of amides is 1. The van der Waals surface area contributed by atoms with Gasteiger partial charge in [-0.3, -0.25) is 9.36 Å². The normalized spacial score (nSPS) is 17.2. The fraction of sp³-hybridized carbons (Fsp3) is 0.529. The molecule has 0 saturated carbocycles. The molecule has 1 atom stereocenters. The minimum Gasteiger partial charge on any atom is -0.342 e. The Balaban J connectivity index is 1.80. The summed E-state index contributed by atoms with van der Waals surface area (Å²) in [5.41, 5.74) is 0.916. The molecule has 1 unspecified atom stereocenters. The van der Waals surface area contributed by atoms with Crippen LogP contribution < -0.4 is 0 Å². The van der Waals surface area contributed by atoms with E-state index in [-0.39, 0.29) is 11.1 Å². The van der Waals surface area contributed by atoms with Gasteiger partial charge in [-0.15, -0.1) is 0 Å². The van der Waals surface area contributed by atoms with E-state index in [1.54, 1.807) is 31.2 Å². The van der Waals surface area contributed by atoms with E-state index in [4.69, 9.17) is 0 Å². The summed E-state index contributed by atoms with van der Waals surface area (Å²) in [4.78, 5) is 18.8. The van der Waals surface area contributed by atoms with Gasteiger partial charge in [0.2, 0.25) is 5.91 Å². The summed E-state index contributed by atoms with van der Waals surface area (Å²) in [6.45, 7) is 0.609.